The summed E-state index contributed by atoms with van der Waals surface area (Å²) in [6.45, 7) is 2.19. The predicted octanol–water partition coefficient (Wildman–Crippen LogP) is 4.50. The lowest BCUT2D eigenvalue weighted by Gasteiger charge is -2.09. The Balaban J connectivity index is 1.78. The third-order valence-electron chi connectivity index (χ3n) is 4.23. The van der Waals surface area contributed by atoms with Crippen molar-refractivity contribution in [2.45, 2.75) is 39.0 Å². The van der Waals surface area contributed by atoms with E-state index in [2.05, 4.69) is 41.8 Å². The first-order chi connectivity index (χ1) is 9.85. The fourth-order valence-electron chi connectivity index (χ4n) is 3.02. The lowest BCUT2D eigenvalue weighted by molar-refractivity contribution is 0.674. The summed E-state index contributed by atoms with van der Waals surface area (Å²) in [4.78, 5) is 7.53. The first-order valence-corrected chi connectivity index (χ1v) is 8.26. The van der Waals surface area contributed by atoms with E-state index in [1.807, 2.05) is 11.3 Å². The highest BCUT2D eigenvalue weighted by molar-refractivity contribution is 7.17. The maximum atomic E-state index is 4.82. The highest BCUT2D eigenvalue weighted by Crippen LogP contribution is 2.32. The number of hydrogen-bond acceptors (Lipinski definition) is 2. The zero-order valence-electron chi connectivity index (χ0n) is 11.7. The molecule has 3 aromatic rings. The highest BCUT2D eigenvalue weighted by atomic mass is 32.1. The van der Waals surface area contributed by atoms with Crippen LogP contribution >= 0.6 is 11.3 Å². The summed E-state index contributed by atoms with van der Waals surface area (Å²) >= 11 is 1.87. The van der Waals surface area contributed by atoms with Crippen LogP contribution in [0.3, 0.4) is 0 Å². The van der Waals surface area contributed by atoms with Gasteiger partial charge in [-0.25, -0.2) is 4.98 Å². The molecule has 102 valence electrons. The summed E-state index contributed by atoms with van der Waals surface area (Å²) in [6.07, 6.45) is 8.41. The van der Waals surface area contributed by atoms with Crippen molar-refractivity contribution in [3.05, 3.63) is 46.6 Å². The molecule has 0 saturated heterocycles. The van der Waals surface area contributed by atoms with Gasteiger partial charge in [0.05, 0.1) is 5.69 Å². The van der Waals surface area contributed by atoms with Crippen LogP contribution in [0, 0.1) is 0 Å². The highest BCUT2D eigenvalue weighted by Gasteiger charge is 2.18. The molecule has 1 aromatic carbocycles. The summed E-state index contributed by atoms with van der Waals surface area (Å²) in [7, 11) is 0. The summed E-state index contributed by atoms with van der Waals surface area (Å²) in [5, 5.41) is 0. The lowest BCUT2D eigenvalue weighted by atomic mass is 10.0. The Labute approximate surface area is 123 Å². The number of nitrogens with zero attached hydrogens (tertiary/aromatic N) is 2. The van der Waals surface area contributed by atoms with Gasteiger partial charge < -0.3 is 0 Å². The van der Waals surface area contributed by atoms with Gasteiger partial charge in [-0.05, 0) is 37.7 Å². The van der Waals surface area contributed by atoms with E-state index >= 15 is 0 Å². The molecule has 20 heavy (non-hydrogen) atoms. The van der Waals surface area contributed by atoms with Crippen molar-refractivity contribution in [1.82, 2.24) is 9.38 Å². The molecule has 1 aliphatic carbocycles. The first-order valence-electron chi connectivity index (χ1n) is 7.44. The molecule has 0 spiro atoms. The second-order valence-electron chi connectivity index (χ2n) is 5.51. The van der Waals surface area contributed by atoms with Crippen LogP contribution in [0.15, 0.2) is 30.5 Å². The minimum atomic E-state index is 1.09. The number of aromatic nitrogens is 2. The van der Waals surface area contributed by atoms with Crippen molar-refractivity contribution in [2.24, 2.45) is 0 Å². The SMILES string of the molecule is CCc1ccc(-c2cn3c4c(sc3n2)CCCC4)cc1. The van der Waals surface area contributed by atoms with Crippen molar-refractivity contribution in [3.63, 3.8) is 0 Å². The molecule has 0 fully saturated rings. The maximum absolute atomic E-state index is 4.82. The zero-order chi connectivity index (χ0) is 13.5. The average Bonchev–Trinajstić information content (AvgIpc) is 3.05. The van der Waals surface area contributed by atoms with E-state index in [1.165, 1.54) is 42.5 Å². The number of benzene rings is 1. The van der Waals surface area contributed by atoms with Crippen LogP contribution in [-0.4, -0.2) is 9.38 Å². The Morgan fingerprint density at radius 2 is 1.95 bits per heavy atom. The molecule has 2 aromatic heterocycles. The van der Waals surface area contributed by atoms with Gasteiger partial charge in [-0.2, -0.15) is 0 Å². The lowest BCUT2D eigenvalue weighted by Crippen LogP contribution is -2.01. The first kappa shape index (κ1) is 12.2. The Kier molecular flexibility index (Phi) is 2.88. The molecule has 2 nitrogen and oxygen atoms in total. The van der Waals surface area contributed by atoms with Crippen LogP contribution in [0.25, 0.3) is 16.2 Å². The van der Waals surface area contributed by atoms with E-state index in [-0.39, 0.29) is 0 Å². The second kappa shape index (κ2) is 4.74. The molecule has 0 N–H and O–H groups in total. The molecule has 4 rings (SSSR count). The van der Waals surface area contributed by atoms with E-state index in [0.717, 1.165) is 17.1 Å². The number of aryl methyl sites for hydroxylation is 3. The van der Waals surface area contributed by atoms with Crippen LogP contribution in [0.4, 0.5) is 0 Å². The van der Waals surface area contributed by atoms with Gasteiger partial charge in [0.15, 0.2) is 4.96 Å². The van der Waals surface area contributed by atoms with Gasteiger partial charge in [0, 0.05) is 22.3 Å². The molecule has 0 aliphatic heterocycles. The standard InChI is InChI=1S/C17H18N2S/c1-2-12-7-9-13(10-8-12)14-11-19-15-5-3-4-6-16(15)20-17(19)18-14/h7-11H,2-6H2,1H3. The zero-order valence-corrected chi connectivity index (χ0v) is 12.5. The maximum Gasteiger partial charge on any atom is 0.194 e. The minimum Gasteiger partial charge on any atom is -0.294 e. The van der Waals surface area contributed by atoms with E-state index in [9.17, 15) is 0 Å². The predicted molar refractivity (Wildman–Crippen MR) is 84.5 cm³/mol. The molecule has 0 unspecified atom stereocenters. The summed E-state index contributed by atoms with van der Waals surface area (Å²) in [6, 6.07) is 8.80. The molecular formula is C17H18N2S. The summed E-state index contributed by atoms with van der Waals surface area (Å²) < 4.78 is 2.32. The Morgan fingerprint density at radius 3 is 2.75 bits per heavy atom. The molecule has 1 aliphatic rings. The molecular weight excluding hydrogens is 264 g/mol. The van der Waals surface area contributed by atoms with Gasteiger partial charge in [-0.3, -0.25) is 4.40 Å². The Morgan fingerprint density at radius 1 is 1.15 bits per heavy atom. The number of rotatable bonds is 2. The largest absolute Gasteiger partial charge is 0.294 e. The van der Waals surface area contributed by atoms with Gasteiger partial charge in [0.25, 0.3) is 0 Å². The quantitative estimate of drug-likeness (QED) is 0.676. The average molecular weight is 282 g/mol. The van der Waals surface area contributed by atoms with E-state index in [1.54, 1.807) is 4.88 Å². The van der Waals surface area contributed by atoms with Gasteiger partial charge in [0.1, 0.15) is 0 Å². The minimum absolute atomic E-state index is 1.09. The monoisotopic (exact) mass is 282 g/mol. The van der Waals surface area contributed by atoms with E-state index in [0.29, 0.717) is 0 Å². The smallest absolute Gasteiger partial charge is 0.194 e. The normalized spacial score (nSPS) is 14.7. The van der Waals surface area contributed by atoms with Crippen LogP contribution in [0.5, 0.6) is 0 Å². The molecule has 2 heterocycles. The topological polar surface area (TPSA) is 17.3 Å². The fourth-order valence-corrected chi connectivity index (χ4v) is 4.21. The summed E-state index contributed by atoms with van der Waals surface area (Å²) in [5.74, 6) is 0. The second-order valence-corrected chi connectivity index (χ2v) is 6.57. The van der Waals surface area contributed by atoms with Gasteiger partial charge in [-0.15, -0.1) is 11.3 Å². The number of thiazole rings is 1. The van der Waals surface area contributed by atoms with Crippen molar-refractivity contribution in [1.29, 1.82) is 0 Å². The van der Waals surface area contributed by atoms with Gasteiger partial charge in [0.2, 0.25) is 0 Å². The van der Waals surface area contributed by atoms with Crippen LogP contribution in [-0.2, 0) is 19.3 Å². The molecule has 0 saturated carbocycles. The Bertz CT molecular complexity index is 749. The van der Waals surface area contributed by atoms with Crippen LogP contribution in [0.2, 0.25) is 0 Å². The number of hydrogen-bond donors (Lipinski definition) is 0. The van der Waals surface area contributed by atoms with E-state index < -0.39 is 0 Å². The molecule has 0 bridgehead atoms. The van der Waals surface area contributed by atoms with Crippen LogP contribution in [0.1, 0.15) is 35.9 Å². The van der Waals surface area contributed by atoms with Crippen molar-refractivity contribution >= 4 is 16.3 Å². The van der Waals surface area contributed by atoms with E-state index in [4.69, 9.17) is 4.98 Å². The van der Waals surface area contributed by atoms with Crippen molar-refractivity contribution < 1.29 is 0 Å². The molecule has 0 amide bonds. The number of imidazole rings is 1. The van der Waals surface area contributed by atoms with Crippen LogP contribution < -0.4 is 0 Å². The molecule has 0 atom stereocenters. The Hall–Kier alpha value is -1.61. The van der Waals surface area contributed by atoms with Crippen molar-refractivity contribution in [2.75, 3.05) is 0 Å². The third kappa shape index (κ3) is 1.88. The van der Waals surface area contributed by atoms with Crippen molar-refractivity contribution in [3.8, 4) is 11.3 Å². The molecule has 0 radical (unpaired) electrons. The molecule has 3 heteroatoms. The number of fused-ring (bicyclic) bond motifs is 3. The third-order valence-corrected chi connectivity index (χ3v) is 5.38. The van der Waals surface area contributed by atoms with Gasteiger partial charge >= 0.3 is 0 Å². The fraction of sp³-hybridized carbons (Fsp3) is 0.353. The van der Waals surface area contributed by atoms with Gasteiger partial charge in [-0.1, -0.05) is 31.2 Å². The summed E-state index contributed by atoms with van der Waals surface area (Å²) in [5.41, 5.74) is 5.21.